The van der Waals surface area contributed by atoms with Crippen LogP contribution in [0.15, 0.2) is 29.2 Å². The molecule has 8 nitrogen and oxygen atoms in total. The second-order valence-electron chi connectivity index (χ2n) is 7.51. The molecular formula is C22H25F2N5O3S. The number of thioether (sulfide) groups is 1. The largest absolute Gasteiger partial charge is 0.479 e. The Morgan fingerprint density at radius 3 is 2.76 bits per heavy atom. The van der Waals surface area contributed by atoms with Gasteiger partial charge in [0.05, 0.1) is 5.69 Å². The first-order valence-corrected chi connectivity index (χ1v) is 11.5. The Hall–Kier alpha value is -3.10. The Bertz CT molecular complexity index is 1060. The minimum Gasteiger partial charge on any atom is -0.479 e. The van der Waals surface area contributed by atoms with Gasteiger partial charge < -0.3 is 25.4 Å². The van der Waals surface area contributed by atoms with E-state index in [1.807, 2.05) is 24.3 Å². The maximum Gasteiger partial charge on any atom is 0.344 e. The van der Waals surface area contributed by atoms with E-state index in [4.69, 9.17) is 9.84 Å². The number of hydrogen-bond acceptors (Lipinski definition) is 8. The zero-order valence-corrected chi connectivity index (χ0v) is 19.2. The third-order valence-electron chi connectivity index (χ3n) is 5.39. The molecule has 1 aliphatic rings. The first-order valence-electron chi connectivity index (χ1n) is 10.3. The van der Waals surface area contributed by atoms with Gasteiger partial charge in [-0.25, -0.2) is 18.6 Å². The number of pyridine rings is 1. The van der Waals surface area contributed by atoms with Gasteiger partial charge in [-0.2, -0.15) is 5.26 Å². The van der Waals surface area contributed by atoms with E-state index in [2.05, 4.69) is 15.6 Å². The first-order chi connectivity index (χ1) is 15.8. The number of hydrogen-bond donors (Lipinski definition) is 3. The minimum atomic E-state index is -2.85. The van der Waals surface area contributed by atoms with E-state index in [1.165, 1.54) is 24.8 Å². The van der Waals surface area contributed by atoms with Crippen LogP contribution in [0.3, 0.4) is 0 Å². The average molecular weight is 478 g/mol. The molecule has 0 amide bonds. The number of nitrogens with zero attached hydrogens (tertiary/aromatic N) is 3. The van der Waals surface area contributed by atoms with Gasteiger partial charge >= 0.3 is 5.97 Å². The van der Waals surface area contributed by atoms with Gasteiger partial charge in [-0.1, -0.05) is 0 Å². The quantitative estimate of drug-likeness (QED) is 0.462. The summed E-state index contributed by atoms with van der Waals surface area (Å²) in [7, 11) is 1.85. The van der Waals surface area contributed by atoms with E-state index in [9.17, 15) is 18.8 Å². The van der Waals surface area contributed by atoms with Crippen molar-refractivity contribution in [2.75, 3.05) is 36.6 Å². The fraction of sp³-hybridized carbons (Fsp3) is 0.409. The van der Waals surface area contributed by atoms with Crippen LogP contribution in [0.25, 0.3) is 0 Å². The molecule has 1 fully saturated rings. The zero-order valence-electron chi connectivity index (χ0n) is 18.4. The lowest BCUT2D eigenvalue weighted by Crippen LogP contribution is -2.30. The SMILES string of the molecule is CN[C@@H]1CCN(c2cc(C(F)F)c(C#N)c(Nc3cc(OC(C)C(=O)O)ccc3SC)n2)C1. The van der Waals surface area contributed by atoms with Crippen LogP contribution in [0, 0.1) is 11.3 Å². The fourth-order valence-corrected chi connectivity index (χ4v) is 4.07. The summed E-state index contributed by atoms with van der Waals surface area (Å²) in [5.74, 6) is -0.462. The third kappa shape index (κ3) is 5.64. The van der Waals surface area contributed by atoms with Crippen molar-refractivity contribution in [3.63, 3.8) is 0 Å². The van der Waals surface area contributed by atoms with Gasteiger partial charge in [-0.15, -0.1) is 11.8 Å². The van der Waals surface area contributed by atoms with Crippen LogP contribution in [0.2, 0.25) is 0 Å². The molecule has 1 aliphatic heterocycles. The van der Waals surface area contributed by atoms with Crippen LogP contribution in [0.4, 0.5) is 26.1 Å². The summed E-state index contributed by atoms with van der Waals surface area (Å²) in [4.78, 5) is 18.3. The second kappa shape index (κ2) is 10.7. The van der Waals surface area contributed by atoms with Crippen LogP contribution in [0.1, 0.15) is 30.9 Å². The van der Waals surface area contributed by atoms with Gasteiger partial charge in [0, 0.05) is 35.7 Å². The Labute approximate surface area is 194 Å². The number of halogens is 2. The number of rotatable bonds is 9. The number of anilines is 3. The van der Waals surface area contributed by atoms with E-state index in [0.717, 1.165) is 11.3 Å². The number of alkyl halides is 2. The molecule has 3 rings (SSSR count). The number of aliphatic carboxylic acids is 1. The zero-order chi connectivity index (χ0) is 24.1. The summed E-state index contributed by atoms with van der Waals surface area (Å²) in [6.07, 6.45) is -1.24. The highest BCUT2D eigenvalue weighted by Crippen LogP contribution is 2.36. The van der Waals surface area contributed by atoms with E-state index in [0.29, 0.717) is 24.6 Å². The number of likely N-dealkylation sites (N-methyl/N-ethyl adjacent to an activating group) is 1. The number of nitrogens with one attached hydrogen (secondary N) is 2. The number of benzene rings is 1. The van der Waals surface area contributed by atoms with Crippen molar-refractivity contribution in [1.29, 1.82) is 5.26 Å². The lowest BCUT2D eigenvalue weighted by molar-refractivity contribution is -0.144. The van der Waals surface area contributed by atoms with Gasteiger partial charge in [0.25, 0.3) is 6.43 Å². The predicted molar refractivity (Wildman–Crippen MR) is 123 cm³/mol. The molecule has 0 radical (unpaired) electrons. The van der Waals surface area contributed by atoms with E-state index >= 15 is 0 Å². The summed E-state index contributed by atoms with van der Waals surface area (Å²) in [6, 6.07) is 8.26. The highest BCUT2D eigenvalue weighted by atomic mass is 32.2. The van der Waals surface area contributed by atoms with Gasteiger partial charge in [0.2, 0.25) is 0 Å². The van der Waals surface area contributed by atoms with Crippen LogP contribution in [-0.2, 0) is 4.79 Å². The predicted octanol–water partition coefficient (Wildman–Crippen LogP) is 4.01. The topological polar surface area (TPSA) is 111 Å². The maximum atomic E-state index is 13.9. The summed E-state index contributed by atoms with van der Waals surface area (Å²) in [5, 5.41) is 24.9. The number of nitriles is 1. The van der Waals surface area contributed by atoms with E-state index in [-0.39, 0.29) is 23.2 Å². The monoisotopic (exact) mass is 477 g/mol. The molecule has 0 aliphatic carbocycles. The highest BCUT2D eigenvalue weighted by molar-refractivity contribution is 7.98. The van der Waals surface area contributed by atoms with Gasteiger partial charge in [0.15, 0.2) is 11.9 Å². The summed E-state index contributed by atoms with van der Waals surface area (Å²) < 4.78 is 33.1. The molecular weight excluding hydrogens is 452 g/mol. The lowest BCUT2D eigenvalue weighted by atomic mass is 10.1. The van der Waals surface area contributed by atoms with Crippen molar-refractivity contribution < 1.29 is 23.4 Å². The number of aromatic nitrogens is 1. The van der Waals surface area contributed by atoms with Gasteiger partial charge in [-0.3, -0.25) is 0 Å². The number of carbonyl (C=O) groups is 1. The number of carboxylic acids is 1. The van der Waals surface area contributed by atoms with Crippen molar-refractivity contribution in [2.24, 2.45) is 0 Å². The Morgan fingerprint density at radius 2 is 2.18 bits per heavy atom. The molecule has 0 spiro atoms. The molecule has 0 bridgehead atoms. The minimum absolute atomic E-state index is 0.0111. The molecule has 3 N–H and O–H groups in total. The smallest absolute Gasteiger partial charge is 0.344 e. The lowest BCUT2D eigenvalue weighted by Gasteiger charge is -2.21. The van der Waals surface area contributed by atoms with Crippen LogP contribution >= 0.6 is 11.8 Å². The molecule has 176 valence electrons. The molecule has 1 unspecified atom stereocenters. The van der Waals surface area contributed by atoms with E-state index < -0.39 is 24.1 Å². The molecule has 1 aromatic carbocycles. The Morgan fingerprint density at radius 1 is 1.42 bits per heavy atom. The van der Waals surface area contributed by atoms with Crippen LogP contribution in [-0.4, -0.2) is 54.6 Å². The first kappa shape index (κ1) is 24.5. The van der Waals surface area contributed by atoms with E-state index in [1.54, 1.807) is 18.2 Å². The van der Waals surface area contributed by atoms with Crippen molar-refractivity contribution in [3.05, 3.63) is 35.4 Å². The Balaban J connectivity index is 2.03. The van der Waals surface area contributed by atoms with Crippen molar-refractivity contribution in [1.82, 2.24) is 10.3 Å². The standard InChI is InChI=1S/C22H25F2N5O3S/c1-12(22(30)31)32-14-4-5-18(33-3)17(8-14)27-21-16(10-25)15(20(23)24)9-19(28-21)29-7-6-13(11-29)26-2/h4-5,8-9,12-13,20,26H,6-7,11H2,1-3H3,(H,27,28)(H,30,31)/t12?,13-/m1/s1. The van der Waals surface area contributed by atoms with Crippen LogP contribution in [0.5, 0.6) is 5.75 Å². The molecule has 2 atom stereocenters. The highest BCUT2D eigenvalue weighted by Gasteiger charge is 2.26. The molecule has 0 saturated carbocycles. The molecule has 2 heterocycles. The fourth-order valence-electron chi connectivity index (χ4n) is 3.54. The number of ether oxygens (including phenoxy) is 1. The van der Waals surface area contributed by atoms with Crippen molar-refractivity contribution >= 4 is 35.1 Å². The van der Waals surface area contributed by atoms with Gasteiger partial charge in [0.1, 0.15) is 23.2 Å². The Kier molecular flexibility index (Phi) is 7.94. The second-order valence-corrected chi connectivity index (χ2v) is 8.36. The van der Waals surface area contributed by atoms with Gasteiger partial charge in [-0.05, 0) is 44.8 Å². The third-order valence-corrected chi connectivity index (χ3v) is 6.18. The maximum absolute atomic E-state index is 13.9. The summed E-state index contributed by atoms with van der Waals surface area (Å²) in [5.41, 5.74) is -0.167. The molecule has 1 saturated heterocycles. The van der Waals surface area contributed by atoms with Crippen molar-refractivity contribution in [2.45, 2.75) is 36.8 Å². The molecule has 1 aromatic heterocycles. The van der Waals surface area contributed by atoms with Crippen molar-refractivity contribution in [3.8, 4) is 11.8 Å². The summed E-state index contributed by atoms with van der Waals surface area (Å²) in [6.45, 7) is 2.67. The molecule has 2 aromatic rings. The van der Waals surface area contributed by atoms with Crippen LogP contribution < -0.4 is 20.3 Å². The normalized spacial score (nSPS) is 16.5. The number of carboxylic acid groups (broad SMARTS) is 1. The molecule has 33 heavy (non-hydrogen) atoms. The summed E-state index contributed by atoms with van der Waals surface area (Å²) >= 11 is 1.39. The average Bonchev–Trinajstić information content (AvgIpc) is 3.28. The molecule has 11 heteroatoms.